The fraction of sp³-hybridized carbons (Fsp3) is 0. The van der Waals surface area contributed by atoms with Crippen molar-refractivity contribution >= 4 is 33.2 Å². The highest BCUT2D eigenvalue weighted by atomic mass is 79.9. The summed E-state index contributed by atoms with van der Waals surface area (Å²) in [4.78, 5) is 11.9. The Kier molecular flexibility index (Phi) is 3.80. The van der Waals surface area contributed by atoms with Gasteiger partial charge in [-0.25, -0.2) is 8.78 Å². The monoisotopic (exact) mass is 326 g/mol. The summed E-state index contributed by atoms with van der Waals surface area (Å²) in [5.41, 5.74) is 5.74. The molecule has 98 valence electrons. The number of amides is 1. The molecule has 0 aliphatic carbocycles. The molecule has 0 aliphatic heterocycles. The summed E-state index contributed by atoms with van der Waals surface area (Å²) in [6.45, 7) is 0. The highest BCUT2D eigenvalue weighted by molar-refractivity contribution is 9.10. The van der Waals surface area contributed by atoms with Crippen LogP contribution >= 0.6 is 15.9 Å². The maximum Gasteiger partial charge on any atom is 0.255 e. The number of carbonyl (C=O) groups excluding carboxylic acids is 1. The third-order valence-corrected chi connectivity index (χ3v) is 3.13. The van der Waals surface area contributed by atoms with Crippen LogP contribution < -0.4 is 11.1 Å². The number of nitrogens with one attached hydrogen (secondary N) is 1. The molecular formula is C13H9BrF2N2O. The molecule has 2 rings (SSSR count). The molecule has 0 bridgehead atoms. The fourth-order valence-electron chi connectivity index (χ4n) is 1.47. The number of rotatable bonds is 2. The molecule has 0 aromatic heterocycles. The zero-order chi connectivity index (χ0) is 14.0. The smallest absolute Gasteiger partial charge is 0.255 e. The van der Waals surface area contributed by atoms with Gasteiger partial charge >= 0.3 is 0 Å². The number of halogens is 3. The van der Waals surface area contributed by atoms with Crippen LogP contribution in [0.4, 0.5) is 20.2 Å². The van der Waals surface area contributed by atoms with Gasteiger partial charge in [-0.3, -0.25) is 4.79 Å². The van der Waals surface area contributed by atoms with Gasteiger partial charge in [0.2, 0.25) is 0 Å². The van der Waals surface area contributed by atoms with Gasteiger partial charge in [-0.1, -0.05) is 0 Å². The number of nitrogen functional groups attached to an aromatic ring is 1. The normalized spacial score (nSPS) is 10.3. The van der Waals surface area contributed by atoms with E-state index in [2.05, 4.69) is 21.2 Å². The molecule has 6 heteroatoms. The molecule has 0 aliphatic rings. The zero-order valence-corrected chi connectivity index (χ0v) is 11.2. The molecule has 0 unspecified atom stereocenters. The molecular weight excluding hydrogens is 318 g/mol. The van der Waals surface area contributed by atoms with Crippen molar-refractivity contribution in [3.63, 3.8) is 0 Å². The van der Waals surface area contributed by atoms with E-state index in [-0.39, 0.29) is 16.9 Å². The number of nitrogens with two attached hydrogens (primary N) is 1. The van der Waals surface area contributed by atoms with E-state index in [0.29, 0.717) is 4.47 Å². The summed E-state index contributed by atoms with van der Waals surface area (Å²) in [5.74, 6) is -1.57. The van der Waals surface area contributed by atoms with Crippen LogP contribution in [-0.4, -0.2) is 5.91 Å². The third-order valence-electron chi connectivity index (χ3n) is 2.43. The van der Waals surface area contributed by atoms with Crippen LogP contribution in [0.25, 0.3) is 0 Å². The van der Waals surface area contributed by atoms with Gasteiger partial charge in [0.25, 0.3) is 5.91 Å². The van der Waals surface area contributed by atoms with Gasteiger partial charge < -0.3 is 11.1 Å². The van der Waals surface area contributed by atoms with Crippen LogP contribution in [0.15, 0.2) is 40.9 Å². The topological polar surface area (TPSA) is 55.1 Å². The Morgan fingerprint density at radius 1 is 1.16 bits per heavy atom. The fourth-order valence-corrected chi connectivity index (χ4v) is 1.82. The molecule has 0 saturated heterocycles. The Bertz CT molecular complexity index is 647. The van der Waals surface area contributed by atoms with E-state index in [0.717, 1.165) is 6.07 Å². The van der Waals surface area contributed by atoms with Gasteiger partial charge in [0.05, 0.1) is 11.4 Å². The van der Waals surface area contributed by atoms with E-state index in [4.69, 9.17) is 5.73 Å². The van der Waals surface area contributed by atoms with Crippen molar-refractivity contribution in [2.75, 3.05) is 11.1 Å². The number of anilines is 2. The second-order valence-electron chi connectivity index (χ2n) is 3.81. The Morgan fingerprint density at radius 3 is 2.58 bits per heavy atom. The molecule has 0 radical (unpaired) electrons. The van der Waals surface area contributed by atoms with Crippen LogP contribution in [0.3, 0.4) is 0 Å². The summed E-state index contributed by atoms with van der Waals surface area (Å²) in [5, 5.41) is 2.51. The molecule has 1 amide bonds. The van der Waals surface area contributed by atoms with E-state index >= 15 is 0 Å². The van der Waals surface area contributed by atoms with Crippen LogP contribution in [0.2, 0.25) is 0 Å². The Morgan fingerprint density at radius 2 is 1.89 bits per heavy atom. The number of carbonyl (C=O) groups is 1. The molecule has 0 atom stereocenters. The van der Waals surface area contributed by atoms with Crippen molar-refractivity contribution in [1.29, 1.82) is 0 Å². The quantitative estimate of drug-likeness (QED) is 0.829. The molecule has 0 saturated carbocycles. The second-order valence-corrected chi connectivity index (χ2v) is 4.67. The summed E-state index contributed by atoms with van der Waals surface area (Å²) in [7, 11) is 0. The Hall–Kier alpha value is -1.95. The van der Waals surface area contributed by atoms with Crippen LogP contribution in [0.5, 0.6) is 0 Å². The van der Waals surface area contributed by atoms with Crippen molar-refractivity contribution in [1.82, 2.24) is 0 Å². The van der Waals surface area contributed by atoms with Crippen LogP contribution in [0.1, 0.15) is 10.4 Å². The van der Waals surface area contributed by atoms with E-state index in [9.17, 15) is 13.6 Å². The van der Waals surface area contributed by atoms with Crippen molar-refractivity contribution in [2.24, 2.45) is 0 Å². The van der Waals surface area contributed by atoms with Gasteiger partial charge in [-0.2, -0.15) is 0 Å². The third kappa shape index (κ3) is 3.08. The number of hydrogen-bond donors (Lipinski definition) is 2. The molecule has 2 aromatic carbocycles. The standard InChI is InChI=1S/C13H9BrF2N2O/c14-9-3-2-8(15)6-12(9)18-13(19)7-1-4-10(16)11(17)5-7/h1-6H,17H2,(H,18,19). The lowest BCUT2D eigenvalue weighted by Gasteiger charge is -2.08. The highest BCUT2D eigenvalue weighted by Crippen LogP contribution is 2.24. The predicted molar refractivity (Wildman–Crippen MR) is 72.9 cm³/mol. The number of hydrogen-bond acceptors (Lipinski definition) is 2. The Labute approximate surface area is 116 Å². The first-order valence-electron chi connectivity index (χ1n) is 5.29. The maximum absolute atomic E-state index is 13.1. The van der Waals surface area contributed by atoms with Crippen LogP contribution in [0, 0.1) is 11.6 Å². The van der Waals surface area contributed by atoms with Gasteiger partial charge in [0.1, 0.15) is 11.6 Å². The largest absolute Gasteiger partial charge is 0.396 e. The molecule has 19 heavy (non-hydrogen) atoms. The maximum atomic E-state index is 13.1. The molecule has 0 fully saturated rings. The second kappa shape index (κ2) is 5.36. The summed E-state index contributed by atoms with van der Waals surface area (Å²) in [6, 6.07) is 7.53. The average Bonchev–Trinajstić information content (AvgIpc) is 2.37. The lowest BCUT2D eigenvalue weighted by Crippen LogP contribution is -2.13. The first-order valence-corrected chi connectivity index (χ1v) is 6.08. The minimum Gasteiger partial charge on any atom is -0.396 e. The molecule has 3 nitrogen and oxygen atoms in total. The van der Waals surface area contributed by atoms with E-state index < -0.39 is 17.5 Å². The minimum atomic E-state index is -0.594. The Balaban J connectivity index is 2.25. The van der Waals surface area contributed by atoms with Crippen molar-refractivity contribution < 1.29 is 13.6 Å². The van der Waals surface area contributed by atoms with E-state index in [1.54, 1.807) is 0 Å². The van der Waals surface area contributed by atoms with Crippen LogP contribution in [-0.2, 0) is 0 Å². The molecule has 2 aromatic rings. The zero-order valence-electron chi connectivity index (χ0n) is 9.58. The van der Waals surface area contributed by atoms with E-state index in [1.165, 1.54) is 30.3 Å². The summed E-state index contributed by atoms with van der Waals surface area (Å²) >= 11 is 3.19. The van der Waals surface area contributed by atoms with Crippen molar-refractivity contribution in [2.45, 2.75) is 0 Å². The summed E-state index contributed by atoms with van der Waals surface area (Å²) < 4.78 is 26.6. The van der Waals surface area contributed by atoms with Gasteiger partial charge in [-0.15, -0.1) is 0 Å². The molecule has 0 heterocycles. The van der Waals surface area contributed by atoms with Crippen molar-refractivity contribution in [3.8, 4) is 0 Å². The van der Waals surface area contributed by atoms with Gasteiger partial charge in [0.15, 0.2) is 0 Å². The lowest BCUT2D eigenvalue weighted by molar-refractivity contribution is 0.102. The molecule has 0 spiro atoms. The first-order chi connectivity index (χ1) is 8.97. The van der Waals surface area contributed by atoms with Crippen molar-refractivity contribution in [3.05, 3.63) is 58.1 Å². The SMILES string of the molecule is Nc1cc(C(=O)Nc2cc(F)ccc2Br)ccc1F. The van der Waals surface area contributed by atoms with Gasteiger partial charge in [-0.05, 0) is 52.3 Å². The minimum absolute atomic E-state index is 0.119. The average molecular weight is 327 g/mol. The predicted octanol–water partition coefficient (Wildman–Crippen LogP) is 3.56. The highest BCUT2D eigenvalue weighted by Gasteiger charge is 2.10. The van der Waals surface area contributed by atoms with E-state index in [1.807, 2.05) is 0 Å². The lowest BCUT2D eigenvalue weighted by atomic mass is 10.2. The number of benzene rings is 2. The van der Waals surface area contributed by atoms with Gasteiger partial charge in [0, 0.05) is 10.0 Å². The summed E-state index contributed by atoms with van der Waals surface area (Å²) in [6.07, 6.45) is 0. The molecule has 3 N–H and O–H groups in total. The first kappa shape index (κ1) is 13.5.